The fraction of sp³-hybridized carbons (Fsp3) is 0.154. The molecule has 1 heterocycles. The summed E-state index contributed by atoms with van der Waals surface area (Å²) in [5.74, 6) is -1.15. The molecule has 0 aliphatic rings. The Morgan fingerprint density at radius 1 is 1.42 bits per heavy atom. The van der Waals surface area contributed by atoms with Crippen LogP contribution in [0.1, 0.15) is 22.2 Å². The minimum atomic E-state index is -1.01. The second-order valence-electron chi connectivity index (χ2n) is 3.93. The molecule has 0 spiro atoms. The zero-order chi connectivity index (χ0) is 13.8. The van der Waals surface area contributed by atoms with Crippen molar-refractivity contribution in [3.05, 3.63) is 46.4 Å². The number of hydrogen-bond acceptors (Lipinski definition) is 4. The molecule has 2 rings (SSSR count). The van der Waals surface area contributed by atoms with Crippen molar-refractivity contribution in [2.24, 2.45) is 0 Å². The van der Waals surface area contributed by atoms with Gasteiger partial charge in [-0.2, -0.15) is 0 Å². The van der Waals surface area contributed by atoms with Crippen LogP contribution in [0.25, 0.3) is 0 Å². The maximum Gasteiger partial charge on any atom is 0.335 e. The largest absolute Gasteiger partial charge is 0.478 e. The minimum absolute atomic E-state index is 0.143. The lowest BCUT2D eigenvalue weighted by Crippen LogP contribution is -2.27. The molecule has 0 saturated carbocycles. The van der Waals surface area contributed by atoms with Gasteiger partial charge in [-0.1, -0.05) is 6.07 Å². The number of anilines is 1. The van der Waals surface area contributed by atoms with Gasteiger partial charge in [0.15, 0.2) is 0 Å². The molecule has 0 aliphatic heterocycles. The van der Waals surface area contributed by atoms with E-state index in [0.717, 1.165) is 4.88 Å². The highest BCUT2D eigenvalue weighted by Gasteiger charge is 2.14. The molecule has 19 heavy (non-hydrogen) atoms. The molecule has 1 aromatic heterocycles. The van der Waals surface area contributed by atoms with Crippen molar-refractivity contribution in [3.8, 4) is 0 Å². The van der Waals surface area contributed by atoms with E-state index in [9.17, 15) is 9.59 Å². The lowest BCUT2D eigenvalue weighted by Gasteiger charge is -2.20. The number of carbonyl (C=O) groups is 2. The normalized spacial score (nSPS) is 10.2. The van der Waals surface area contributed by atoms with Gasteiger partial charge in [0.05, 0.1) is 17.6 Å². The second-order valence-corrected chi connectivity index (χ2v) is 4.90. The first-order chi connectivity index (χ1) is 9.08. The molecule has 0 saturated heterocycles. The molecule has 0 atom stereocenters. The molecule has 1 aromatic carbocycles. The quantitative estimate of drug-likeness (QED) is 0.930. The van der Waals surface area contributed by atoms with Crippen LogP contribution in [-0.2, 0) is 11.3 Å². The molecule has 1 amide bonds. The summed E-state index contributed by atoms with van der Waals surface area (Å²) >= 11 is 1.45. The predicted octanol–water partition coefficient (Wildman–Crippen LogP) is 2.39. The topological polar surface area (TPSA) is 70.5 Å². The minimum Gasteiger partial charge on any atom is -0.478 e. The zero-order valence-electron chi connectivity index (χ0n) is 10.2. The summed E-state index contributed by atoms with van der Waals surface area (Å²) in [5.41, 5.74) is 2.43. The molecule has 6 heteroatoms. The number of carbonyl (C=O) groups excluding carboxylic acids is 1. The molecule has 5 nitrogen and oxygen atoms in total. The number of benzene rings is 1. The van der Waals surface area contributed by atoms with E-state index in [2.05, 4.69) is 4.98 Å². The number of nitrogens with zero attached hydrogens (tertiary/aromatic N) is 2. The van der Waals surface area contributed by atoms with Gasteiger partial charge in [0.25, 0.3) is 0 Å². The monoisotopic (exact) mass is 276 g/mol. The van der Waals surface area contributed by atoms with Crippen molar-refractivity contribution >= 4 is 28.9 Å². The van der Waals surface area contributed by atoms with E-state index in [1.54, 1.807) is 23.8 Å². The van der Waals surface area contributed by atoms with E-state index < -0.39 is 5.97 Å². The van der Waals surface area contributed by atoms with Crippen LogP contribution in [0.2, 0.25) is 0 Å². The van der Waals surface area contributed by atoms with Gasteiger partial charge in [-0.25, -0.2) is 4.79 Å². The number of thiazole rings is 1. The van der Waals surface area contributed by atoms with Crippen LogP contribution in [-0.4, -0.2) is 22.0 Å². The van der Waals surface area contributed by atoms with Crippen molar-refractivity contribution in [3.63, 3.8) is 0 Å². The average molecular weight is 276 g/mol. The van der Waals surface area contributed by atoms with E-state index in [4.69, 9.17) is 5.11 Å². The standard InChI is InChI=1S/C13H12N2O3S/c1-9(16)15(7-12-6-14-8-19-12)11-4-2-3-10(5-11)13(17)18/h2-6,8H,7H2,1H3,(H,17,18). The summed E-state index contributed by atoms with van der Waals surface area (Å²) in [4.78, 5) is 29.1. The molecule has 2 aromatic rings. The van der Waals surface area contributed by atoms with Crippen LogP contribution in [0.5, 0.6) is 0 Å². The van der Waals surface area contributed by atoms with Gasteiger partial charge in [-0.05, 0) is 18.2 Å². The molecule has 98 valence electrons. The van der Waals surface area contributed by atoms with E-state index >= 15 is 0 Å². The van der Waals surface area contributed by atoms with Gasteiger partial charge >= 0.3 is 5.97 Å². The summed E-state index contributed by atoms with van der Waals surface area (Å²) in [6.07, 6.45) is 1.70. The number of aromatic nitrogens is 1. The summed E-state index contributed by atoms with van der Waals surface area (Å²) < 4.78 is 0. The molecule has 1 N–H and O–H groups in total. The van der Waals surface area contributed by atoms with Crippen LogP contribution in [0.15, 0.2) is 36.0 Å². The first-order valence-electron chi connectivity index (χ1n) is 5.57. The Morgan fingerprint density at radius 3 is 2.79 bits per heavy atom. The van der Waals surface area contributed by atoms with Crippen molar-refractivity contribution in [1.82, 2.24) is 4.98 Å². The number of aromatic carboxylic acids is 1. The lowest BCUT2D eigenvalue weighted by molar-refractivity contribution is -0.116. The third kappa shape index (κ3) is 3.17. The van der Waals surface area contributed by atoms with Gasteiger partial charge in [0.2, 0.25) is 5.91 Å². The van der Waals surface area contributed by atoms with Gasteiger partial charge in [-0.15, -0.1) is 11.3 Å². The Balaban J connectivity index is 2.31. The first-order valence-corrected chi connectivity index (χ1v) is 6.44. The average Bonchev–Trinajstić information content (AvgIpc) is 2.88. The van der Waals surface area contributed by atoms with Crippen LogP contribution in [0.3, 0.4) is 0 Å². The highest BCUT2D eigenvalue weighted by molar-refractivity contribution is 7.09. The molecule has 0 aliphatic carbocycles. The van der Waals surface area contributed by atoms with E-state index in [0.29, 0.717) is 12.2 Å². The second kappa shape index (κ2) is 5.62. The SMILES string of the molecule is CC(=O)N(Cc1cncs1)c1cccc(C(=O)O)c1. The summed E-state index contributed by atoms with van der Waals surface area (Å²) in [6, 6.07) is 6.33. The molecular formula is C13H12N2O3S. The predicted molar refractivity (Wildman–Crippen MR) is 72.4 cm³/mol. The Bertz CT molecular complexity index is 596. The molecule has 0 fully saturated rings. The van der Waals surface area contributed by atoms with Gasteiger partial charge in [0.1, 0.15) is 0 Å². The van der Waals surface area contributed by atoms with Crippen LogP contribution >= 0.6 is 11.3 Å². The Hall–Kier alpha value is -2.21. The summed E-state index contributed by atoms with van der Waals surface area (Å²) in [6.45, 7) is 1.84. The number of carboxylic acid groups (broad SMARTS) is 1. The maximum atomic E-state index is 11.7. The van der Waals surface area contributed by atoms with Crippen molar-refractivity contribution in [1.29, 1.82) is 0 Å². The van der Waals surface area contributed by atoms with E-state index in [1.807, 2.05) is 0 Å². The van der Waals surface area contributed by atoms with Crippen molar-refractivity contribution < 1.29 is 14.7 Å². The van der Waals surface area contributed by atoms with Crippen molar-refractivity contribution in [2.45, 2.75) is 13.5 Å². The molecule has 0 unspecified atom stereocenters. The van der Waals surface area contributed by atoms with Crippen LogP contribution in [0, 0.1) is 0 Å². The van der Waals surface area contributed by atoms with Crippen LogP contribution < -0.4 is 4.90 Å². The van der Waals surface area contributed by atoms with E-state index in [-0.39, 0.29) is 11.5 Å². The molecular weight excluding hydrogens is 264 g/mol. The summed E-state index contributed by atoms with van der Waals surface area (Å²) in [5, 5.41) is 8.97. The smallest absolute Gasteiger partial charge is 0.335 e. The lowest BCUT2D eigenvalue weighted by atomic mass is 10.2. The Kier molecular flexibility index (Phi) is 3.91. The molecule has 0 bridgehead atoms. The zero-order valence-corrected chi connectivity index (χ0v) is 11.1. The first kappa shape index (κ1) is 13.2. The van der Waals surface area contributed by atoms with E-state index in [1.165, 1.54) is 35.3 Å². The highest BCUT2D eigenvalue weighted by atomic mass is 32.1. The third-order valence-electron chi connectivity index (χ3n) is 2.58. The number of hydrogen-bond donors (Lipinski definition) is 1. The Labute approximate surface area is 114 Å². The van der Waals surface area contributed by atoms with Crippen molar-refractivity contribution in [2.75, 3.05) is 4.90 Å². The number of carboxylic acids is 1. The van der Waals surface area contributed by atoms with Gasteiger partial charge in [0, 0.05) is 23.7 Å². The number of amides is 1. The van der Waals surface area contributed by atoms with Gasteiger partial charge in [-0.3, -0.25) is 9.78 Å². The van der Waals surface area contributed by atoms with Gasteiger partial charge < -0.3 is 10.0 Å². The fourth-order valence-corrected chi connectivity index (χ4v) is 2.25. The summed E-state index contributed by atoms with van der Waals surface area (Å²) in [7, 11) is 0. The molecule has 0 radical (unpaired) electrons. The fourth-order valence-electron chi connectivity index (χ4n) is 1.67. The Morgan fingerprint density at radius 2 is 2.21 bits per heavy atom. The maximum absolute atomic E-state index is 11.7. The highest BCUT2D eigenvalue weighted by Crippen LogP contribution is 2.20. The number of rotatable bonds is 4. The third-order valence-corrected chi connectivity index (χ3v) is 3.35. The van der Waals surface area contributed by atoms with Crippen LogP contribution in [0.4, 0.5) is 5.69 Å².